The number of carbonyl (C=O) groups excluding carboxylic acids is 1. The molecule has 0 bridgehead atoms. The molecule has 0 aliphatic carbocycles. The number of rotatable bonds is 6. The Balaban J connectivity index is 1.59. The van der Waals surface area contributed by atoms with Crippen molar-refractivity contribution >= 4 is 15.9 Å². The summed E-state index contributed by atoms with van der Waals surface area (Å²) in [4.78, 5) is 19.3. The lowest BCUT2D eigenvalue weighted by molar-refractivity contribution is 0.0702. The van der Waals surface area contributed by atoms with Crippen LogP contribution in [0.3, 0.4) is 0 Å². The number of fused-ring (bicyclic) bond motifs is 1. The van der Waals surface area contributed by atoms with E-state index < -0.39 is 10.0 Å². The molecule has 2 aromatic carbocycles. The van der Waals surface area contributed by atoms with E-state index in [1.54, 1.807) is 35.5 Å². The second kappa shape index (κ2) is 9.22. The minimum absolute atomic E-state index is 0.146. The Morgan fingerprint density at radius 2 is 1.88 bits per heavy atom. The van der Waals surface area contributed by atoms with Crippen molar-refractivity contribution in [2.75, 3.05) is 13.1 Å². The van der Waals surface area contributed by atoms with Gasteiger partial charge in [-0.3, -0.25) is 9.78 Å². The summed E-state index contributed by atoms with van der Waals surface area (Å²) < 4.78 is 28.2. The molecule has 3 aromatic rings. The smallest absolute Gasteiger partial charge is 0.254 e. The molecular formula is C25H27N3O3S. The number of pyridine rings is 1. The van der Waals surface area contributed by atoms with Crippen LogP contribution < -0.4 is 0 Å². The second-order valence-electron chi connectivity index (χ2n) is 7.94. The minimum atomic E-state index is -3.71. The van der Waals surface area contributed by atoms with E-state index in [1.807, 2.05) is 50.2 Å². The quantitative estimate of drug-likeness (QED) is 0.569. The highest BCUT2D eigenvalue weighted by Crippen LogP contribution is 2.27. The maximum Gasteiger partial charge on any atom is 0.254 e. The van der Waals surface area contributed by atoms with Crippen LogP contribution in [-0.2, 0) is 23.0 Å². The van der Waals surface area contributed by atoms with E-state index in [2.05, 4.69) is 4.98 Å². The molecule has 6 nitrogen and oxygen atoms in total. The number of aromatic nitrogens is 1. The Morgan fingerprint density at radius 1 is 1.09 bits per heavy atom. The van der Waals surface area contributed by atoms with E-state index in [1.165, 1.54) is 15.9 Å². The molecule has 1 unspecified atom stereocenters. The maximum absolute atomic E-state index is 13.4. The molecule has 4 rings (SSSR count). The lowest BCUT2D eigenvalue weighted by atomic mass is 10.0. The predicted molar refractivity (Wildman–Crippen MR) is 124 cm³/mol. The molecule has 1 aromatic heterocycles. The highest BCUT2D eigenvalue weighted by molar-refractivity contribution is 7.89. The highest BCUT2D eigenvalue weighted by Gasteiger charge is 2.29. The van der Waals surface area contributed by atoms with Crippen molar-refractivity contribution in [3.05, 3.63) is 95.3 Å². The van der Waals surface area contributed by atoms with Gasteiger partial charge in [0.05, 0.1) is 10.9 Å². The minimum Gasteiger partial charge on any atom is -0.332 e. The molecule has 0 spiro atoms. The summed E-state index contributed by atoms with van der Waals surface area (Å²) in [5.41, 5.74) is 3.50. The molecule has 2 heterocycles. The molecule has 0 fully saturated rings. The van der Waals surface area contributed by atoms with Gasteiger partial charge in [0.2, 0.25) is 10.0 Å². The van der Waals surface area contributed by atoms with E-state index in [-0.39, 0.29) is 16.8 Å². The Labute approximate surface area is 189 Å². The van der Waals surface area contributed by atoms with Crippen molar-refractivity contribution in [3.8, 4) is 0 Å². The third-order valence-corrected chi connectivity index (χ3v) is 7.89. The molecule has 7 heteroatoms. The summed E-state index contributed by atoms with van der Waals surface area (Å²) in [5, 5.41) is 0. The monoisotopic (exact) mass is 449 g/mol. The third-order valence-electron chi connectivity index (χ3n) is 6.05. The largest absolute Gasteiger partial charge is 0.332 e. The molecule has 0 saturated heterocycles. The number of amides is 1. The van der Waals surface area contributed by atoms with Crippen molar-refractivity contribution in [2.24, 2.45) is 0 Å². The van der Waals surface area contributed by atoms with Gasteiger partial charge in [-0.25, -0.2) is 8.42 Å². The summed E-state index contributed by atoms with van der Waals surface area (Å²) in [6, 6.07) is 17.9. The first-order valence-corrected chi connectivity index (χ1v) is 12.2. The van der Waals surface area contributed by atoms with Gasteiger partial charge in [-0.1, -0.05) is 36.4 Å². The van der Waals surface area contributed by atoms with Crippen LogP contribution in [-0.4, -0.2) is 41.6 Å². The lowest BCUT2D eigenvalue weighted by Gasteiger charge is -2.29. The Bertz CT molecular complexity index is 1210. The summed E-state index contributed by atoms with van der Waals surface area (Å²) in [6.07, 6.45) is 4.12. The predicted octanol–water partition coefficient (Wildman–Crippen LogP) is 4.05. The van der Waals surface area contributed by atoms with Gasteiger partial charge in [-0.2, -0.15) is 4.31 Å². The summed E-state index contributed by atoms with van der Waals surface area (Å²) in [5.74, 6) is -0.204. The topological polar surface area (TPSA) is 70.6 Å². The molecule has 166 valence electrons. The van der Waals surface area contributed by atoms with Crippen molar-refractivity contribution in [3.63, 3.8) is 0 Å². The van der Waals surface area contributed by atoms with E-state index in [0.717, 1.165) is 11.1 Å². The van der Waals surface area contributed by atoms with Crippen LogP contribution in [0.15, 0.2) is 78.0 Å². The van der Waals surface area contributed by atoms with Gasteiger partial charge in [0.25, 0.3) is 5.91 Å². The molecule has 0 saturated carbocycles. The fourth-order valence-electron chi connectivity index (χ4n) is 4.18. The van der Waals surface area contributed by atoms with Crippen molar-refractivity contribution in [2.45, 2.75) is 37.8 Å². The van der Waals surface area contributed by atoms with Gasteiger partial charge in [-0.05, 0) is 61.2 Å². The van der Waals surface area contributed by atoms with E-state index in [0.29, 0.717) is 31.6 Å². The highest BCUT2D eigenvalue weighted by atomic mass is 32.2. The second-order valence-corrected chi connectivity index (χ2v) is 9.88. The molecule has 1 amide bonds. The molecular weight excluding hydrogens is 422 g/mol. The molecule has 32 heavy (non-hydrogen) atoms. The van der Waals surface area contributed by atoms with Crippen molar-refractivity contribution in [1.29, 1.82) is 0 Å². The summed E-state index contributed by atoms with van der Waals surface area (Å²) in [6.45, 7) is 5.13. The Hall–Kier alpha value is -3.03. The number of hydrogen-bond acceptors (Lipinski definition) is 4. The van der Waals surface area contributed by atoms with Crippen molar-refractivity contribution < 1.29 is 13.2 Å². The van der Waals surface area contributed by atoms with Gasteiger partial charge in [0, 0.05) is 37.6 Å². The fourth-order valence-corrected chi connectivity index (χ4v) is 5.64. The van der Waals surface area contributed by atoms with Gasteiger partial charge in [0.1, 0.15) is 0 Å². The zero-order valence-electron chi connectivity index (χ0n) is 18.3. The average Bonchev–Trinajstić information content (AvgIpc) is 2.84. The number of sulfonamides is 1. The van der Waals surface area contributed by atoms with Crippen LogP contribution in [0.1, 0.15) is 46.9 Å². The van der Waals surface area contributed by atoms with E-state index in [9.17, 15) is 13.2 Å². The standard InChI is InChI=1S/C25H27N3O3S/c1-3-28(19(2)22-11-7-14-26-17-22)25(29)21-10-6-12-24(16-21)32(30,31)27-15-13-20-8-4-5-9-23(20)18-27/h4-12,14,16-17,19H,3,13,15,18H2,1-2H3. The Morgan fingerprint density at radius 3 is 2.59 bits per heavy atom. The van der Waals surface area contributed by atoms with Gasteiger partial charge >= 0.3 is 0 Å². The van der Waals surface area contributed by atoms with Gasteiger partial charge < -0.3 is 4.90 Å². The average molecular weight is 450 g/mol. The normalized spacial score (nSPS) is 15.1. The van der Waals surface area contributed by atoms with Crippen molar-refractivity contribution in [1.82, 2.24) is 14.2 Å². The SMILES string of the molecule is CCN(C(=O)c1cccc(S(=O)(=O)N2CCc3ccccc3C2)c1)C(C)c1cccnc1. The summed E-state index contributed by atoms with van der Waals surface area (Å²) in [7, 11) is -3.71. The third kappa shape index (κ3) is 4.31. The first kappa shape index (κ1) is 22.2. The number of nitrogens with zero attached hydrogens (tertiary/aromatic N) is 3. The zero-order valence-corrected chi connectivity index (χ0v) is 19.1. The maximum atomic E-state index is 13.4. The lowest BCUT2D eigenvalue weighted by Crippen LogP contribution is -2.36. The van der Waals surface area contributed by atoms with Crippen LogP contribution >= 0.6 is 0 Å². The molecule has 1 aliphatic heterocycles. The van der Waals surface area contributed by atoms with Crippen LogP contribution in [0, 0.1) is 0 Å². The number of hydrogen-bond donors (Lipinski definition) is 0. The fraction of sp³-hybridized carbons (Fsp3) is 0.280. The summed E-state index contributed by atoms with van der Waals surface area (Å²) >= 11 is 0. The zero-order chi connectivity index (χ0) is 22.7. The Kier molecular flexibility index (Phi) is 6.39. The first-order valence-electron chi connectivity index (χ1n) is 10.8. The van der Waals surface area contributed by atoms with Gasteiger partial charge in [-0.15, -0.1) is 0 Å². The molecule has 0 radical (unpaired) electrons. The first-order chi connectivity index (χ1) is 15.4. The van der Waals surface area contributed by atoms with Crippen LogP contribution in [0.4, 0.5) is 0 Å². The number of benzene rings is 2. The number of carbonyl (C=O) groups is 1. The van der Waals surface area contributed by atoms with Gasteiger partial charge in [0.15, 0.2) is 0 Å². The van der Waals surface area contributed by atoms with E-state index in [4.69, 9.17) is 0 Å². The van der Waals surface area contributed by atoms with E-state index >= 15 is 0 Å². The van der Waals surface area contributed by atoms with Crippen LogP contribution in [0.5, 0.6) is 0 Å². The van der Waals surface area contributed by atoms with Crippen LogP contribution in [0.2, 0.25) is 0 Å². The molecule has 0 N–H and O–H groups in total. The molecule has 1 aliphatic rings. The van der Waals surface area contributed by atoms with Crippen LogP contribution in [0.25, 0.3) is 0 Å². The molecule has 1 atom stereocenters.